The van der Waals surface area contributed by atoms with Crippen LogP contribution < -0.4 is 5.32 Å². The number of ether oxygens (including phenoxy) is 1. The van der Waals surface area contributed by atoms with Gasteiger partial charge in [0.25, 0.3) is 0 Å². The zero-order chi connectivity index (χ0) is 16.9. The third kappa shape index (κ3) is 5.57. The highest BCUT2D eigenvalue weighted by Crippen LogP contribution is 2.21. The molecule has 1 amide bonds. The number of aryl methyl sites for hydroxylation is 1. The van der Waals surface area contributed by atoms with Crippen LogP contribution in [0.25, 0.3) is 0 Å². The van der Waals surface area contributed by atoms with Crippen LogP contribution in [0.5, 0.6) is 0 Å². The molecular formula is C18H31N3O2. The van der Waals surface area contributed by atoms with Gasteiger partial charge in [-0.3, -0.25) is 0 Å². The van der Waals surface area contributed by atoms with Crippen LogP contribution >= 0.6 is 0 Å². The van der Waals surface area contributed by atoms with Gasteiger partial charge >= 0.3 is 6.09 Å². The highest BCUT2D eigenvalue weighted by Gasteiger charge is 2.29. The maximum Gasteiger partial charge on any atom is 0.410 e. The predicted molar refractivity (Wildman–Crippen MR) is 92.3 cm³/mol. The van der Waals surface area contributed by atoms with Crippen molar-refractivity contribution in [2.24, 2.45) is 5.92 Å². The fourth-order valence-corrected chi connectivity index (χ4v) is 3.00. The molecule has 1 saturated heterocycles. The third-order valence-corrected chi connectivity index (χ3v) is 4.24. The molecule has 0 bridgehead atoms. The maximum atomic E-state index is 12.0. The van der Waals surface area contributed by atoms with Crippen LogP contribution in [0.15, 0.2) is 18.3 Å². The molecule has 1 aliphatic rings. The highest BCUT2D eigenvalue weighted by molar-refractivity contribution is 5.68. The fourth-order valence-electron chi connectivity index (χ4n) is 3.00. The zero-order valence-electron chi connectivity index (χ0n) is 15.0. The second-order valence-corrected chi connectivity index (χ2v) is 7.33. The van der Waals surface area contributed by atoms with Crippen LogP contribution in [0, 0.1) is 5.92 Å². The number of nitrogens with zero attached hydrogens (tertiary/aromatic N) is 2. The average Bonchev–Trinajstić information content (AvgIpc) is 3.10. The lowest BCUT2D eigenvalue weighted by Gasteiger charge is -2.24. The Bertz CT molecular complexity index is 505. The van der Waals surface area contributed by atoms with Crippen LogP contribution in [-0.2, 0) is 17.8 Å². The van der Waals surface area contributed by atoms with Crippen molar-refractivity contribution < 1.29 is 9.53 Å². The van der Waals surface area contributed by atoms with Gasteiger partial charge in [-0.05, 0) is 65.1 Å². The molecule has 1 fully saturated rings. The quantitative estimate of drug-likeness (QED) is 0.818. The Morgan fingerprint density at radius 3 is 2.91 bits per heavy atom. The molecule has 0 aliphatic carbocycles. The van der Waals surface area contributed by atoms with E-state index in [4.69, 9.17) is 4.74 Å². The minimum Gasteiger partial charge on any atom is -0.444 e. The summed E-state index contributed by atoms with van der Waals surface area (Å²) in [4.78, 5) is 13.9. The van der Waals surface area contributed by atoms with Crippen molar-refractivity contribution >= 4 is 6.09 Å². The molecule has 0 aromatic carbocycles. The van der Waals surface area contributed by atoms with Crippen molar-refractivity contribution in [3.63, 3.8) is 0 Å². The molecule has 23 heavy (non-hydrogen) atoms. The number of rotatable bonds is 6. The van der Waals surface area contributed by atoms with Crippen molar-refractivity contribution in [2.45, 2.75) is 59.2 Å². The van der Waals surface area contributed by atoms with Crippen molar-refractivity contribution in [1.29, 1.82) is 0 Å². The molecule has 1 N–H and O–H groups in total. The van der Waals surface area contributed by atoms with E-state index in [-0.39, 0.29) is 6.09 Å². The molecule has 1 aromatic heterocycles. The molecule has 5 heteroatoms. The van der Waals surface area contributed by atoms with Crippen LogP contribution in [0.1, 0.15) is 46.2 Å². The van der Waals surface area contributed by atoms with Crippen molar-refractivity contribution in [3.05, 3.63) is 24.0 Å². The van der Waals surface area contributed by atoms with Crippen LogP contribution in [0.3, 0.4) is 0 Å². The molecule has 1 atom stereocenters. The Hall–Kier alpha value is -1.49. The summed E-state index contributed by atoms with van der Waals surface area (Å²) in [6, 6.07) is 4.26. The molecule has 1 unspecified atom stereocenters. The number of likely N-dealkylation sites (tertiary alicyclic amines) is 1. The van der Waals surface area contributed by atoms with Crippen molar-refractivity contribution in [1.82, 2.24) is 14.8 Å². The molecular weight excluding hydrogens is 290 g/mol. The number of carbonyl (C=O) groups excluding carboxylic acids is 1. The maximum absolute atomic E-state index is 12.0. The van der Waals surface area contributed by atoms with E-state index in [1.807, 2.05) is 25.7 Å². The molecule has 0 spiro atoms. The first kappa shape index (κ1) is 17.9. The van der Waals surface area contributed by atoms with Gasteiger partial charge in [-0.2, -0.15) is 0 Å². The molecule has 0 radical (unpaired) electrons. The van der Waals surface area contributed by atoms with Gasteiger partial charge in [-0.25, -0.2) is 4.79 Å². The molecule has 0 saturated carbocycles. The summed E-state index contributed by atoms with van der Waals surface area (Å²) in [7, 11) is 0. The lowest BCUT2D eigenvalue weighted by atomic mass is 10.1. The van der Waals surface area contributed by atoms with Gasteiger partial charge in [0.2, 0.25) is 0 Å². The number of hydrogen-bond donors (Lipinski definition) is 1. The number of hydrogen-bond acceptors (Lipinski definition) is 3. The van der Waals surface area contributed by atoms with E-state index in [2.05, 4.69) is 35.1 Å². The second-order valence-electron chi connectivity index (χ2n) is 7.33. The van der Waals surface area contributed by atoms with E-state index in [0.29, 0.717) is 5.92 Å². The van der Waals surface area contributed by atoms with E-state index >= 15 is 0 Å². The van der Waals surface area contributed by atoms with E-state index in [1.165, 1.54) is 5.69 Å². The van der Waals surface area contributed by atoms with Gasteiger partial charge < -0.3 is 19.5 Å². The highest BCUT2D eigenvalue weighted by atomic mass is 16.6. The molecule has 1 aromatic rings. The van der Waals surface area contributed by atoms with Gasteiger partial charge in [0, 0.05) is 38.1 Å². The summed E-state index contributed by atoms with van der Waals surface area (Å²) in [5.74, 6) is 0.577. The largest absolute Gasteiger partial charge is 0.444 e. The van der Waals surface area contributed by atoms with Crippen LogP contribution in [-0.4, -0.2) is 40.8 Å². The van der Waals surface area contributed by atoms with E-state index in [0.717, 1.165) is 45.6 Å². The number of amides is 1. The van der Waals surface area contributed by atoms with Crippen LogP contribution in [0.2, 0.25) is 0 Å². The first-order valence-corrected chi connectivity index (χ1v) is 8.71. The van der Waals surface area contributed by atoms with E-state index < -0.39 is 5.60 Å². The molecule has 2 rings (SSSR count). The summed E-state index contributed by atoms with van der Waals surface area (Å²) in [6.07, 6.45) is 4.12. The number of aromatic nitrogens is 1. The summed E-state index contributed by atoms with van der Waals surface area (Å²) in [6.45, 7) is 12.4. The van der Waals surface area contributed by atoms with Crippen molar-refractivity contribution in [3.8, 4) is 0 Å². The number of nitrogens with one attached hydrogen (secondary N) is 1. The van der Waals surface area contributed by atoms with Gasteiger partial charge in [0.1, 0.15) is 5.60 Å². The summed E-state index contributed by atoms with van der Waals surface area (Å²) in [5.41, 5.74) is 0.916. The molecule has 1 aliphatic heterocycles. The van der Waals surface area contributed by atoms with Crippen molar-refractivity contribution in [2.75, 3.05) is 19.6 Å². The van der Waals surface area contributed by atoms with Gasteiger partial charge in [-0.15, -0.1) is 0 Å². The van der Waals surface area contributed by atoms with Gasteiger partial charge in [0.05, 0.1) is 0 Å². The Balaban J connectivity index is 1.65. The Kier molecular flexibility index (Phi) is 6.10. The second kappa shape index (κ2) is 7.86. The average molecular weight is 321 g/mol. The molecule has 130 valence electrons. The topological polar surface area (TPSA) is 46.5 Å². The normalized spacial score (nSPS) is 18.4. The van der Waals surface area contributed by atoms with Gasteiger partial charge in [0.15, 0.2) is 0 Å². The first-order valence-electron chi connectivity index (χ1n) is 8.71. The monoisotopic (exact) mass is 321 g/mol. The summed E-state index contributed by atoms with van der Waals surface area (Å²) >= 11 is 0. The minimum absolute atomic E-state index is 0.172. The summed E-state index contributed by atoms with van der Waals surface area (Å²) < 4.78 is 7.70. The predicted octanol–water partition coefficient (Wildman–Crippen LogP) is 3.24. The standard InChI is InChI=1S/C18H31N3O2/c1-5-20-11-6-7-16(20)13-19-10-8-15-9-12-21(14-15)17(22)23-18(2,3)4/h6-7,11,15,19H,5,8-10,12-14H2,1-4H3. The number of carbonyl (C=O) groups is 1. The molecule has 2 heterocycles. The smallest absolute Gasteiger partial charge is 0.410 e. The first-order chi connectivity index (χ1) is 10.9. The van der Waals surface area contributed by atoms with Gasteiger partial charge in [-0.1, -0.05) is 0 Å². The SMILES string of the molecule is CCn1cccc1CNCCC1CCN(C(=O)OC(C)(C)C)C1. The van der Waals surface area contributed by atoms with E-state index in [9.17, 15) is 4.79 Å². The molecule has 5 nitrogen and oxygen atoms in total. The third-order valence-electron chi connectivity index (χ3n) is 4.24. The minimum atomic E-state index is -0.412. The Morgan fingerprint density at radius 1 is 1.43 bits per heavy atom. The zero-order valence-corrected chi connectivity index (χ0v) is 15.0. The van der Waals surface area contributed by atoms with E-state index in [1.54, 1.807) is 0 Å². The fraction of sp³-hybridized carbons (Fsp3) is 0.722. The lowest BCUT2D eigenvalue weighted by Crippen LogP contribution is -2.35. The van der Waals surface area contributed by atoms with Crippen LogP contribution in [0.4, 0.5) is 4.79 Å². The lowest BCUT2D eigenvalue weighted by molar-refractivity contribution is 0.0287. The Labute approximate surface area is 140 Å². The summed E-state index contributed by atoms with van der Waals surface area (Å²) in [5, 5.41) is 3.52. The Morgan fingerprint density at radius 2 is 2.22 bits per heavy atom.